The zero-order chi connectivity index (χ0) is 17.3. The standard InChI is InChI=1S/C19H18O5/c1-11-18(20)14-7-6-13(21-2)10-16(14)24-19(11)12-5-8-15(22-3)17(9-12)23-4/h5-10H,1-4H3. The van der Waals surface area contributed by atoms with Gasteiger partial charge in [-0.05, 0) is 37.3 Å². The molecule has 0 radical (unpaired) electrons. The molecule has 5 nitrogen and oxygen atoms in total. The van der Waals surface area contributed by atoms with Crippen LogP contribution in [0.5, 0.6) is 17.2 Å². The molecule has 124 valence electrons. The van der Waals surface area contributed by atoms with Gasteiger partial charge >= 0.3 is 0 Å². The molecule has 1 heterocycles. The largest absolute Gasteiger partial charge is 0.497 e. The lowest BCUT2D eigenvalue weighted by Crippen LogP contribution is -2.07. The van der Waals surface area contributed by atoms with Crippen molar-refractivity contribution in [3.8, 4) is 28.6 Å². The van der Waals surface area contributed by atoms with Gasteiger partial charge in [0.05, 0.1) is 26.7 Å². The van der Waals surface area contributed by atoms with Crippen molar-refractivity contribution in [1.29, 1.82) is 0 Å². The monoisotopic (exact) mass is 326 g/mol. The molecule has 0 fully saturated rings. The lowest BCUT2D eigenvalue weighted by molar-refractivity contribution is 0.355. The van der Waals surface area contributed by atoms with E-state index < -0.39 is 0 Å². The van der Waals surface area contributed by atoms with Crippen LogP contribution in [0.3, 0.4) is 0 Å². The van der Waals surface area contributed by atoms with Gasteiger partial charge in [0.25, 0.3) is 0 Å². The van der Waals surface area contributed by atoms with Gasteiger partial charge in [0.15, 0.2) is 16.9 Å². The predicted molar refractivity (Wildman–Crippen MR) is 92.3 cm³/mol. The summed E-state index contributed by atoms with van der Waals surface area (Å²) in [6.45, 7) is 1.75. The Labute approximate surface area is 139 Å². The summed E-state index contributed by atoms with van der Waals surface area (Å²) in [5.74, 6) is 2.32. The van der Waals surface area contributed by atoms with Gasteiger partial charge < -0.3 is 18.6 Å². The molecule has 0 N–H and O–H groups in total. The Morgan fingerprint density at radius 2 is 1.62 bits per heavy atom. The Bertz CT molecular complexity index is 956. The van der Waals surface area contributed by atoms with E-state index in [0.29, 0.717) is 39.5 Å². The van der Waals surface area contributed by atoms with E-state index >= 15 is 0 Å². The van der Waals surface area contributed by atoms with Crippen molar-refractivity contribution in [2.45, 2.75) is 6.92 Å². The van der Waals surface area contributed by atoms with Crippen molar-refractivity contribution in [1.82, 2.24) is 0 Å². The van der Waals surface area contributed by atoms with Crippen LogP contribution in [0.15, 0.2) is 45.6 Å². The predicted octanol–water partition coefficient (Wildman–Crippen LogP) is 3.79. The Morgan fingerprint density at radius 3 is 2.29 bits per heavy atom. The second-order valence-corrected chi connectivity index (χ2v) is 5.32. The third kappa shape index (κ3) is 2.58. The van der Waals surface area contributed by atoms with E-state index in [2.05, 4.69) is 0 Å². The SMILES string of the molecule is COc1ccc2c(=O)c(C)c(-c3ccc(OC)c(OC)c3)oc2c1. The normalized spacial score (nSPS) is 10.7. The summed E-state index contributed by atoms with van der Waals surface area (Å²) in [6, 6.07) is 10.6. The summed E-state index contributed by atoms with van der Waals surface area (Å²) in [7, 11) is 4.71. The van der Waals surface area contributed by atoms with Crippen LogP contribution in [0.25, 0.3) is 22.3 Å². The highest BCUT2D eigenvalue weighted by Gasteiger charge is 2.15. The van der Waals surface area contributed by atoms with E-state index in [-0.39, 0.29) is 5.43 Å². The molecular formula is C19H18O5. The molecule has 0 saturated heterocycles. The molecule has 3 aromatic rings. The molecule has 0 aliphatic carbocycles. The van der Waals surface area contributed by atoms with Crippen LogP contribution < -0.4 is 19.6 Å². The fraction of sp³-hybridized carbons (Fsp3) is 0.211. The molecule has 0 atom stereocenters. The number of hydrogen-bond donors (Lipinski definition) is 0. The lowest BCUT2D eigenvalue weighted by Gasteiger charge is -2.11. The molecule has 24 heavy (non-hydrogen) atoms. The number of hydrogen-bond acceptors (Lipinski definition) is 5. The summed E-state index contributed by atoms with van der Waals surface area (Å²) in [6.07, 6.45) is 0. The van der Waals surface area contributed by atoms with Crippen molar-refractivity contribution in [2.24, 2.45) is 0 Å². The summed E-state index contributed by atoms with van der Waals surface area (Å²) in [5.41, 5.74) is 1.70. The van der Waals surface area contributed by atoms with Gasteiger partial charge in [0.2, 0.25) is 0 Å². The fourth-order valence-electron chi connectivity index (χ4n) is 2.65. The third-order valence-corrected chi connectivity index (χ3v) is 3.97. The highest BCUT2D eigenvalue weighted by molar-refractivity contribution is 5.81. The van der Waals surface area contributed by atoms with Crippen LogP contribution in [-0.4, -0.2) is 21.3 Å². The topological polar surface area (TPSA) is 57.9 Å². The molecule has 2 aromatic carbocycles. The first-order chi connectivity index (χ1) is 11.6. The fourth-order valence-corrected chi connectivity index (χ4v) is 2.65. The zero-order valence-electron chi connectivity index (χ0n) is 14.0. The Kier molecular flexibility index (Phi) is 4.16. The molecule has 1 aromatic heterocycles. The van der Waals surface area contributed by atoms with Crippen LogP contribution in [0.2, 0.25) is 0 Å². The van der Waals surface area contributed by atoms with Gasteiger partial charge in [-0.2, -0.15) is 0 Å². The van der Waals surface area contributed by atoms with Gasteiger partial charge in [-0.15, -0.1) is 0 Å². The van der Waals surface area contributed by atoms with E-state index in [1.165, 1.54) is 0 Å². The molecule has 0 aliphatic rings. The van der Waals surface area contributed by atoms with Gasteiger partial charge in [-0.1, -0.05) is 0 Å². The van der Waals surface area contributed by atoms with E-state index in [1.807, 2.05) is 6.07 Å². The van der Waals surface area contributed by atoms with E-state index in [0.717, 1.165) is 5.56 Å². The van der Waals surface area contributed by atoms with Gasteiger partial charge in [0.1, 0.15) is 17.1 Å². The number of rotatable bonds is 4. The van der Waals surface area contributed by atoms with Crippen molar-refractivity contribution >= 4 is 11.0 Å². The highest BCUT2D eigenvalue weighted by atomic mass is 16.5. The Balaban J connectivity index is 2.26. The minimum absolute atomic E-state index is 0.0660. The molecule has 0 saturated carbocycles. The number of ether oxygens (including phenoxy) is 3. The summed E-state index contributed by atoms with van der Waals surface area (Å²) < 4.78 is 21.8. The minimum Gasteiger partial charge on any atom is -0.497 e. The molecule has 5 heteroatoms. The van der Waals surface area contributed by atoms with Crippen LogP contribution in [0.1, 0.15) is 5.56 Å². The number of fused-ring (bicyclic) bond motifs is 1. The molecule has 3 rings (SSSR count). The maximum Gasteiger partial charge on any atom is 0.196 e. The average molecular weight is 326 g/mol. The van der Waals surface area contributed by atoms with Crippen LogP contribution >= 0.6 is 0 Å². The second kappa shape index (κ2) is 6.28. The smallest absolute Gasteiger partial charge is 0.196 e. The van der Waals surface area contributed by atoms with Crippen LogP contribution in [0.4, 0.5) is 0 Å². The molecular weight excluding hydrogens is 308 g/mol. The second-order valence-electron chi connectivity index (χ2n) is 5.32. The molecule has 0 aliphatic heterocycles. The van der Waals surface area contributed by atoms with E-state index in [1.54, 1.807) is 58.6 Å². The van der Waals surface area contributed by atoms with Crippen molar-refractivity contribution in [2.75, 3.05) is 21.3 Å². The molecule has 0 bridgehead atoms. The molecule has 0 spiro atoms. The summed E-state index contributed by atoms with van der Waals surface area (Å²) in [5, 5.41) is 0.525. The first-order valence-corrected chi connectivity index (χ1v) is 7.43. The van der Waals surface area contributed by atoms with Gasteiger partial charge in [-0.3, -0.25) is 4.79 Å². The van der Waals surface area contributed by atoms with E-state index in [4.69, 9.17) is 18.6 Å². The van der Waals surface area contributed by atoms with Crippen molar-refractivity contribution in [3.63, 3.8) is 0 Å². The van der Waals surface area contributed by atoms with Crippen LogP contribution in [0, 0.1) is 6.92 Å². The Hall–Kier alpha value is -2.95. The third-order valence-electron chi connectivity index (χ3n) is 3.97. The first-order valence-electron chi connectivity index (χ1n) is 7.43. The summed E-state index contributed by atoms with van der Waals surface area (Å²) in [4.78, 5) is 12.6. The van der Waals surface area contributed by atoms with Gasteiger partial charge in [0, 0.05) is 17.2 Å². The number of methoxy groups -OCH3 is 3. The minimum atomic E-state index is -0.0660. The lowest BCUT2D eigenvalue weighted by atomic mass is 10.1. The highest BCUT2D eigenvalue weighted by Crippen LogP contribution is 2.34. The van der Waals surface area contributed by atoms with E-state index in [9.17, 15) is 4.79 Å². The van der Waals surface area contributed by atoms with Crippen molar-refractivity contribution < 1.29 is 18.6 Å². The maximum atomic E-state index is 12.6. The zero-order valence-corrected chi connectivity index (χ0v) is 14.0. The Morgan fingerprint density at radius 1 is 0.875 bits per heavy atom. The number of benzene rings is 2. The average Bonchev–Trinajstić information content (AvgIpc) is 2.63. The summed E-state index contributed by atoms with van der Waals surface area (Å²) >= 11 is 0. The van der Waals surface area contributed by atoms with Crippen LogP contribution in [-0.2, 0) is 0 Å². The van der Waals surface area contributed by atoms with Crippen molar-refractivity contribution in [3.05, 3.63) is 52.2 Å². The van der Waals surface area contributed by atoms with Gasteiger partial charge in [-0.25, -0.2) is 0 Å². The molecule has 0 unspecified atom stereocenters. The quantitative estimate of drug-likeness (QED) is 0.730. The maximum absolute atomic E-state index is 12.6. The molecule has 0 amide bonds. The first kappa shape index (κ1) is 15.9.